The number of likely N-dealkylation sites (N-methyl/N-ethyl adjacent to an activating group) is 1. The van der Waals surface area contributed by atoms with Gasteiger partial charge in [0.15, 0.2) is 23.8 Å². The van der Waals surface area contributed by atoms with E-state index in [9.17, 15) is 14.0 Å². The molecule has 34 heavy (non-hydrogen) atoms. The summed E-state index contributed by atoms with van der Waals surface area (Å²) in [5, 5.41) is 11.2. The Balaban J connectivity index is 1.30. The first-order valence-corrected chi connectivity index (χ1v) is 10.6. The minimum Gasteiger partial charge on any atom is -0.484 e. The summed E-state index contributed by atoms with van der Waals surface area (Å²) in [7, 11) is 1.53. The number of nitrogens with one attached hydrogen (secondary N) is 4. The van der Waals surface area contributed by atoms with E-state index in [0.29, 0.717) is 41.4 Å². The minimum atomic E-state index is -0.730. The van der Waals surface area contributed by atoms with Crippen LogP contribution < -0.4 is 30.7 Å². The summed E-state index contributed by atoms with van der Waals surface area (Å²) in [6.07, 6.45) is 2.44. The number of benzene rings is 2. The van der Waals surface area contributed by atoms with E-state index in [1.807, 2.05) is 0 Å². The highest BCUT2D eigenvalue weighted by molar-refractivity contribution is 6.03. The van der Waals surface area contributed by atoms with Crippen LogP contribution in [0, 0.1) is 5.82 Å². The van der Waals surface area contributed by atoms with Gasteiger partial charge in [0.05, 0.1) is 11.9 Å². The Bertz CT molecular complexity index is 1280. The zero-order chi connectivity index (χ0) is 23.7. The highest BCUT2D eigenvalue weighted by atomic mass is 19.1. The minimum absolute atomic E-state index is 0.0498. The number of nitrogens with zero attached hydrogens (tertiary/aromatic N) is 2. The maximum atomic E-state index is 14.4. The summed E-state index contributed by atoms with van der Waals surface area (Å²) in [5.41, 5.74) is 0.887. The van der Waals surface area contributed by atoms with Gasteiger partial charge in [-0.15, -0.1) is 0 Å². The van der Waals surface area contributed by atoms with Gasteiger partial charge in [0.2, 0.25) is 5.95 Å². The first-order valence-electron chi connectivity index (χ1n) is 10.6. The Morgan fingerprint density at radius 1 is 1.21 bits per heavy atom. The molecule has 0 radical (unpaired) electrons. The van der Waals surface area contributed by atoms with Crippen LogP contribution in [0.4, 0.5) is 33.2 Å². The van der Waals surface area contributed by atoms with E-state index in [4.69, 9.17) is 9.47 Å². The van der Waals surface area contributed by atoms with Crippen LogP contribution in [0.2, 0.25) is 0 Å². The fourth-order valence-corrected chi connectivity index (χ4v) is 3.40. The van der Waals surface area contributed by atoms with Crippen LogP contribution in [0.5, 0.6) is 11.5 Å². The van der Waals surface area contributed by atoms with Gasteiger partial charge in [-0.1, -0.05) is 6.07 Å². The molecular formula is C23H21FN6O4. The highest BCUT2D eigenvalue weighted by Crippen LogP contribution is 2.47. The van der Waals surface area contributed by atoms with Crippen LogP contribution in [0.3, 0.4) is 0 Å². The molecule has 2 amide bonds. The van der Waals surface area contributed by atoms with Gasteiger partial charge < -0.3 is 30.7 Å². The van der Waals surface area contributed by atoms with Gasteiger partial charge in [0, 0.05) is 37.3 Å². The number of carbonyl (C=O) groups excluding carboxylic acids is 2. The molecular weight excluding hydrogens is 443 g/mol. The van der Waals surface area contributed by atoms with E-state index in [2.05, 4.69) is 31.2 Å². The summed E-state index contributed by atoms with van der Waals surface area (Å²) >= 11 is 0. The number of halogens is 1. The molecule has 3 aromatic rings. The summed E-state index contributed by atoms with van der Waals surface area (Å²) in [4.78, 5) is 31.8. The normalized spacial score (nSPS) is 14.9. The molecule has 174 valence electrons. The predicted molar refractivity (Wildman–Crippen MR) is 122 cm³/mol. The fraction of sp³-hybridized carbons (Fsp3) is 0.217. The van der Waals surface area contributed by atoms with Gasteiger partial charge in [-0.25, -0.2) is 9.37 Å². The zero-order valence-electron chi connectivity index (χ0n) is 18.1. The van der Waals surface area contributed by atoms with Gasteiger partial charge >= 0.3 is 0 Å². The molecule has 4 N–H and O–H groups in total. The van der Waals surface area contributed by atoms with Crippen molar-refractivity contribution in [1.82, 2.24) is 15.3 Å². The smallest absolute Gasteiger partial charge is 0.268 e. The summed E-state index contributed by atoms with van der Waals surface area (Å²) < 4.78 is 25.7. The van der Waals surface area contributed by atoms with Crippen molar-refractivity contribution in [3.63, 3.8) is 0 Å². The molecule has 1 aliphatic carbocycles. The maximum Gasteiger partial charge on any atom is 0.268 e. The van der Waals surface area contributed by atoms with E-state index < -0.39 is 11.4 Å². The molecule has 10 nitrogen and oxygen atoms in total. The van der Waals surface area contributed by atoms with Crippen molar-refractivity contribution in [2.75, 3.05) is 29.6 Å². The van der Waals surface area contributed by atoms with Gasteiger partial charge in [-0.2, -0.15) is 4.98 Å². The van der Waals surface area contributed by atoms with Crippen molar-refractivity contribution < 1.29 is 23.5 Å². The standard InChI is InChI=1S/C23H21FN6O4/c1-25-19(31)12-33-15-4-2-3-13(9-15)28-22-26-11-16(24)20(30-22)27-14-5-6-18-17(10-14)29-21(32)23(34-18)7-8-23/h2-6,9-11H,7-8,12H2,1H3,(H,25,31)(H,29,32)(H2,26,27,28,30). The third-order valence-corrected chi connectivity index (χ3v) is 5.40. The number of hydrogen-bond acceptors (Lipinski definition) is 8. The van der Waals surface area contributed by atoms with E-state index in [1.54, 1.807) is 42.5 Å². The average molecular weight is 464 g/mol. The molecule has 0 unspecified atom stereocenters. The third kappa shape index (κ3) is 4.40. The first-order chi connectivity index (χ1) is 16.4. The highest BCUT2D eigenvalue weighted by Gasteiger charge is 2.55. The SMILES string of the molecule is CNC(=O)COc1cccc(Nc2ncc(F)c(Nc3ccc4c(c3)NC(=O)C3(CC3)O4)n2)c1. The van der Waals surface area contributed by atoms with E-state index in [1.165, 1.54) is 7.05 Å². The molecule has 2 heterocycles. The van der Waals surface area contributed by atoms with Gasteiger partial charge in [-0.3, -0.25) is 9.59 Å². The van der Waals surface area contributed by atoms with E-state index >= 15 is 0 Å². The molecule has 11 heteroatoms. The summed E-state index contributed by atoms with van der Waals surface area (Å²) in [6.45, 7) is -0.117. The zero-order valence-corrected chi connectivity index (χ0v) is 18.1. The first kappa shape index (κ1) is 21.4. The average Bonchev–Trinajstić information content (AvgIpc) is 3.61. The molecule has 2 aliphatic rings. The van der Waals surface area contributed by atoms with Gasteiger partial charge in [0.25, 0.3) is 11.8 Å². The number of aromatic nitrogens is 2. The Labute approximate surface area is 193 Å². The second-order valence-corrected chi connectivity index (χ2v) is 7.89. The number of anilines is 5. The summed E-state index contributed by atoms with van der Waals surface area (Å²) in [6, 6.07) is 12.0. The quantitative estimate of drug-likeness (QED) is 0.420. The second-order valence-electron chi connectivity index (χ2n) is 7.89. The molecule has 1 fully saturated rings. The van der Waals surface area contributed by atoms with Gasteiger partial charge in [-0.05, 0) is 30.3 Å². The van der Waals surface area contributed by atoms with Crippen LogP contribution >= 0.6 is 0 Å². The lowest BCUT2D eigenvalue weighted by Crippen LogP contribution is -2.38. The lowest BCUT2D eigenvalue weighted by molar-refractivity contribution is -0.125. The van der Waals surface area contributed by atoms with Crippen molar-refractivity contribution in [1.29, 1.82) is 0 Å². The summed E-state index contributed by atoms with van der Waals surface area (Å²) in [5.74, 6) is 0.0775. The van der Waals surface area contributed by atoms with Crippen LogP contribution in [0.25, 0.3) is 0 Å². The molecule has 5 rings (SSSR count). The van der Waals surface area contributed by atoms with Gasteiger partial charge in [0.1, 0.15) is 11.5 Å². The largest absolute Gasteiger partial charge is 0.484 e. The Hall–Kier alpha value is -4.41. The lowest BCUT2D eigenvalue weighted by Gasteiger charge is -2.26. The number of rotatable bonds is 7. The molecule has 1 saturated carbocycles. The van der Waals surface area contributed by atoms with Crippen LogP contribution in [-0.4, -0.2) is 41.0 Å². The monoisotopic (exact) mass is 464 g/mol. The van der Waals surface area contributed by atoms with Crippen molar-refractivity contribution in [2.45, 2.75) is 18.4 Å². The molecule has 1 spiro atoms. The second kappa shape index (κ2) is 8.50. The molecule has 0 bridgehead atoms. The Kier molecular flexibility index (Phi) is 5.36. The number of hydrogen-bond donors (Lipinski definition) is 4. The van der Waals surface area contributed by atoms with Crippen LogP contribution in [0.1, 0.15) is 12.8 Å². The number of ether oxygens (including phenoxy) is 2. The molecule has 0 saturated heterocycles. The van der Waals surface area contributed by atoms with Crippen LogP contribution in [-0.2, 0) is 9.59 Å². The predicted octanol–water partition coefficient (Wildman–Crippen LogP) is 3.09. The fourth-order valence-electron chi connectivity index (χ4n) is 3.40. The van der Waals surface area contributed by atoms with Crippen molar-refractivity contribution in [3.8, 4) is 11.5 Å². The van der Waals surface area contributed by atoms with Crippen LogP contribution in [0.15, 0.2) is 48.7 Å². The van der Waals surface area contributed by atoms with Crippen molar-refractivity contribution >= 4 is 40.6 Å². The number of amides is 2. The number of fused-ring (bicyclic) bond motifs is 1. The van der Waals surface area contributed by atoms with E-state index in [0.717, 1.165) is 6.20 Å². The molecule has 1 aliphatic heterocycles. The third-order valence-electron chi connectivity index (χ3n) is 5.40. The maximum absolute atomic E-state index is 14.4. The van der Waals surface area contributed by atoms with E-state index in [-0.39, 0.29) is 30.2 Å². The topological polar surface area (TPSA) is 126 Å². The number of carbonyl (C=O) groups is 2. The molecule has 2 aromatic carbocycles. The Morgan fingerprint density at radius 3 is 2.82 bits per heavy atom. The van der Waals surface area contributed by atoms with Crippen molar-refractivity contribution in [3.05, 3.63) is 54.5 Å². The molecule has 1 aromatic heterocycles. The molecule has 0 atom stereocenters. The Morgan fingerprint density at radius 2 is 2.03 bits per heavy atom. The van der Waals surface area contributed by atoms with Crippen molar-refractivity contribution in [2.24, 2.45) is 0 Å². The lowest BCUT2D eigenvalue weighted by atomic mass is 10.2.